The number of likely N-dealkylation sites (tertiary alicyclic amines) is 1. The van der Waals surface area contributed by atoms with Crippen molar-refractivity contribution < 1.29 is 13.2 Å². The van der Waals surface area contributed by atoms with Crippen molar-refractivity contribution in [2.24, 2.45) is 0 Å². The van der Waals surface area contributed by atoms with Gasteiger partial charge in [-0.2, -0.15) is 23.0 Å². The highest BCUT2D eigenvalue weighted by Gasteiger charge is 2.32. The molecule has 0 unspecified atom stereocenters. The summed E-state index contributed by atoms with van der Waals surface area (Å²) >= 11 is 6.21. The molecule has 3 heterocycles. The summed E-state index contributed by atoms with van der Waals surface area (Å²) in [5.74, 6) is -0.0239. The van der Waals surface area contributed by atoms with Crippen LogP contribution >= 0.6 is 11.6 Å². The maximum atomic E-state index is 12.7. The molecule has 2 aliphatic rings. The molecule has 150 valence electrons. The predicted molar refractivity (Wildman–Crippen MR) is 98.9 cm³/mol. The largest absolute Gasteiger partial charge is 0.417 e. The van der Waals surface area contributed by atoms with Crippen molar-refractivity contribution >= 4 is 17.3 Å². The van der Waals surface area contributed by atoms with Crippen LogP contribution in [0.15, 0.2) is 29.3 Å². The molecule has 1 aliphatic heterocycles. The van der Waals surface area contributed by atoms with Gasteiger partial charge in [-0.3, -0.25) is 4.79 Å². The Morgan fingerprint density at radius 1 is 1.11 bits per heavy atom. The summed E-state index contributed by atoms with van der Waals surface area (Å²) in [6.07, 6.45) is 2.05. The third-order valence-electron chi connectivity index (χ3n) is 5.16. The minimum Gasteiger partial charge on any atom is -0.380 e. The third-order valence-corrected chi connectivity index (χ3v) is 5.53. The summed E-state index contributed by atoms with van der Waals surface area (Å²) in [5.41, 5.74) is -1.10. The second-order valence-corrected chi connectivity index (χ2v) is 7.56. The van der Waals surface area contributed by atoms with E-state index in [-0.39, 0.29) is 16.9 Å². The lowest BCUT2D eigenvalue weighted by Gasteiger charge is -2.32. The Bertz CT molecular complexity index is 903. The normalized spacial score (nSPS) is 19.0. The summed E-state index contributed by atoms with van der Waals surface area (Å²) < 4.78 is 38.9. The van der Waals surface area contributed by atoms with Crippen LogP contribution in [0.25, 0.3) is 5.82 Å². The van der Waals surface area contributed by atoms with Gasteiger partial charge in [0.1, 0.15) is 5.02 Å². The second-order valence-electron chi connectivity index (χ2n) is 7.18. The number of halogens is 4. The van der Waals surface area contributed by atoms with E-state index in [0.717, 1.165) is 48.8 Å². The quantitative estimate of drug-likeness (QED) is 0.833. The van der Waals surface area contributed by atoms with E-state index in [1.165, 1.54) is 19.0 Å². The lowest BCUT2D eigenvalue weighted by atomic mass is 10.0. The number of nitrogens with zero attached hydrogens (tertiary/aromatic N) is 4. The average molecular weight is 414 g/mol. The van der Waals surface area contributed by atoms with Crippen molar-refractivity contribution in [3.05, 3.63) is 45.5 Å². The molecule has 2 fully saturated rings. The molecule has 0 radical (unpaired) electrons. The van der Waals surface area contributed by atoms with Gasteiger partial charge in [0.05, 0.1) is 17.4 Å². The van der Waals surface area contributed by atoms with Gasteiger partial charge >= 0.3 is 6.18 Å². The highest BCUT2D eigenvalue weighted by Crippen LogP contribution is 2.31. The fourth-order valence-corrected chi connectivity index (χ4v) is 3.63. The van der Waals surface area contributed by atoms with Crippen molar-refractivity contribution in [1.29, 1.82) is 0 Å². The van der Waals surface area contributed by atoms with Crippen molar-refractivity contribution in [3.8, 4) is 5.82 Å². The third kappa shape index (κ3) is 4.00. The lowest BCUT2D eigenvalue weighted by Crippen LogP contribution is -2.40. The smallest absolute Gasteiger partial charge is 0.380 e. The van der Waals surface area contributed by atoms with Crippen LogP contribution in [0.1, 0.15) is 31.2 Å². The number of aromatic nitrogens is 3. The molecular weight excluding hydrogens is 395 g/mol. The molecule has 10 heteroatoms. The highest BCUT2D eigenvalue weighted by molar-refractivity contribution is 6.32. The maximum Gasteiger partial charge on any atom is 0.417 e. The van der Waals surface area contributed by atoms with Crippen molar-refractivity contribution in [2.75, 3.05) is 18.4 Å². The molecule has 2 aromatic rings. The minimum absolute atomic E-state index is 0.0239. The van der Waals surface area contributed by atoms with E-state index in [1.807, 2.05) is 0 Å². The topological polar surface area (TPSA) is 63.1 Å². The number of nitrogens with one attached hydrogen (secondary N) is 1. The summed E-state index contributed by atoms with van der Waals surface area (Å²) in [6, 6.07) is 2.89. The van der Waals surface area contributed by atoms with Gasteiger partial charge < -0.3 is 10.2 Å². The Balaban J connectivity index is 1.48. The van der Waals surface area contributed by atoms with Crippen LogP contribution < -0.4 is 10.9 Å². The standard InChI is InChI=1S/C18H19ClF3N5O/c19-16-14(25-12-5-7-26(8-6-12)13-2-3-13)10-24-27(17(16)28)15-4-1-11(9-23-15)18(20,21)22/h1,4,9-10,12-13,25H,2-3,5-8H2. The van der Waals surface area contributed by atoms with Crippen LogP contribution in [-0.2, 0) is 6.18 Å². The van der Waals surface area contributed by atoms with Gasteiger partial charge in [-0.05, 0) is 37.8 Å². The number of hydrogen-bond acceptors (Lipinski definition) is 5. The number of rotatable bonds is 4. The molecule has 0 spiro atoms. The first kappa shape index (κ1) is 19.2. The minimum atomic E-state index is -4.50. The van der Waals surface area contributed by atoms with Gasteiger partial charge in [0.25, 0.3) is 5.56 Å². The van der Waals surface area contributed by atoms with Crippen LogP contribution in [0.2, 0.25) is 5.02 Å². The van der Waals surface area contributed by atoms with E-state index in [0.29, 0.717) is 11.9 Å². The van der Waals surface area contributed by atoms with Gasteiger partial charge in [-0.1, -0.05) is 11.6 Å². The first-order valence-electron chi connectivity index (χ1n) is 9.15. The van der Waals surface area contributed by atoms with Crippen LogP contribution in [0.5, 0.6) is 0 Å². The van der Waals surface area contributed by atoms with Crippen LogP contribution in [0.3, 0.4) is 0 Å². The van der Waals surface area contributed by atoms with Crippen LogP contribution in [-0.4, -0.2) is 44.8 Å². The van der Waals surface area contributed by atoms with Crippen molar-refractivity contribution in [1.82, 2.24) is 19.7 Å². The fraction of sp³-hybridized carbons (Fsp3) is 0.500. The predicted octanol–water partition coefficient (Wildman–Crippen LogP) is 3.34. The molecule has 1 saturated carbocycles. The molecule has 1 aliphatic carbocycles. The Hall–Kier alpha value is -2.13. The van der Waals surface area contributed by atoms with Gasteiger partial charge in [0.15, 0.2) is 5.82 Å². The molecule has 0 aromatic carbocycles. The molecule has 0 bridgehead atoms. The maximum absolute atomic E-state index is 12.7. The Morgan fingerprint density at radius 3 is 2.39 bits per heavy atom. The molecule has 0 atom stereocenters. The zero-order valence-corrected chi connectivity index (χ0v) is 15.7. The van der Waals surface area contributed by atoms with Crippen LogP contribution in [0, 0.1) is 0 Å². The number of anilines is 1. The molecule has 1 N–H and O–H groups in total. The number of hydrogen-bond donors (Lipinski definition) is 1. The van der Waals surface area contributed by atoms with Gasteiger partial charge in [0.2, 0.25) is 0 Å². The Kier molecular flexibility index (Phi) is 5.05. The molecular formula is C18H19ClF3N5O. The zero-order valence-electron chi connectivity index (χ0n) is 14.9. The van der Waals surface area contributed by atoms with Crippen molar-refractivity contribution in [3.63, 3.8) is 0 Å². The van der Waals surface area contributed by atoms with Gasteiger partial charge in [-0.15, -0.1) is 0 Å². The Morgan fingerprint density at radius 2 is 1.82 bits per heavy atom. The fourth-order valence-electron chi connectivity index (χ4n) is 3.44. The number of piperidine rings is 1. The molecule has 0 amide bonds. The molecule has 4 rings (SSSR count). The lowest BCUT2D eigenvalue weighted by molar-refractivity contribution is -0.137. The first-order valence-corrected chi connectivity index (χ1v) is 9.53. The van der Waals surface area contributed by atoms with Gasteiger partial charge in [-0.25, -0.2) is 4.98 Å². The highest BCUT2D eigenvalue weighted by atomic mass is 35.5. The van der Waals surface area contributed by atoms with Crippen molar-refractivity contribution in [2.45, 2.75) is 43.9 Å². The summed E-state index contributed by atoms with van der Waals surface area (Å²) in [6.45, 7) is 2.03. The summed E-state index contributed by atoms with van der Waals surface area (Å²) in [4.78, 5) is 18.7. The molecule has 1 saturated heterocycles. The zero-order chi connectivity index (χ0) is 19.9. The summed E-state index contributed by atoms with van der Waals surface area (Å²) in [5, 5.41) is 7.24. The number of alkyl halides is 3. The van der Waals surface area contributed by atoms with E-state index in [2.05, 4.69) is 20.3 Å². The van der Waals surface area contributed by atoms with E-state index in [4.69, 9.17) is 11.6 Å². The molecule has 2 aromatic heterocycles. The summed E-state index contributed by atoms with van der Waals surface area (Å²) in [7, 11) is 0. The van der Waals surface area contributed by atoms with E-state index < -0.39 is 17.3 Å². The monoisotopic (exact) mass is 413 g/mol. The molecule has 6 nitrogen and oxygen atoms in total. The van der Waals surface area contributed by atoms with E-state index in [1.54, 1.807) is 0 Å². The second kappa shape index (κ2) is 7.36. The number of pyridine rings is 1. The van der Waals surface area contributed by atoms with Crippen LogP contribution in [0.4, 0.5) is 18.9 Å². The average Bonchev–Trinajstić information content (AvgIpc) is 3.51. The molecule has 28 heavy (non-hydrogen) atoms. The van der Waals surface area contributed by atoms with E-state index >= 15 is 0 Å². The first-order chi connectivity index (χ1) is 13.3. The SMILES string of the molecule is O=c1c(Cl)c(NC2CCN(C3CC3)CC2)cnn1-c1ccc(C(F)(F)F)cn1. The van der Waals surface area contributed by atoms with Gasteiger partial charge in [0, 0.05) is 31.4 Å². The van der Waals surface area contributed by atoms with E-state index in [9.17, 15) is 18.0 Å². The Labute approximate surface area is 164 Å².